The second-order valence-corrected chi connectivity index (χ2v) is 4.65. The Bertz CT molecular complexity index is 380. The van der Waals surface area contributed by atoms with Crippen LogP contribution in [0, 0.1) is 0 Å². The number of nitrogens with zero attached hydrogens (tertiary/aromatic N) is 4. The average Bonchev–Trinajstić information content (AvgIpc) is 2.28. The number of thiocarbonyl (C=S) groups is 1. The highest BCUT2D eigenvalue weighted by atomic mass is 32.1. The quantitative estimate of drug-likeness (QED) is 0.745. The Morgan fingerprint density at radius 1 is 1.35 bits per heavy atom. The number of hydrogen-bond donors (Lipinski definition) is 1. The van der Waals surface area contributed by atoms with Crippen molar-refractivity contribution >= 4 is 23.0 Å². The van der Waals surface area contributed by atoms with Crippen LogP contribution in [0.1, 0.15) is 12.0 Å². The van der Waals surface area contributed by atoms with E-state index in [9.17, 15) is 0 Å². The van der Waals surface area contributed by atoms with Gasteiger partial charge in [0, 0.05) is 13.6 Å². The summed E-state index contributed by atoms with van der Waals surface area (Å²) >= 11 is 5.00. The van der Waals surface area contributed by atoms with Crippen LogP contribution in [-0.4, -0.2) is 54.3 Å². The van der Waals surface area contributed by atoms with E-state index < -0.39 is 0 Å². The molecule has 2 N–H and O–H groups in total. The minimum absolute atomic E-state index is 0.356. The number of anilines is 1. The molecule has 0 fully saturated rings. The number of nitrogens with two attached hydrogens (primary N) is 1. The van der Waals surface area contributed by atoms with Crippen molar-refractivity contribution in [2.45, 2.75) is 6.42 Å². The smallest absolute Gasteiger partial charge is 0.161 e. The van der Waals surface area contributed by atoms with E-state index >= 15 is 0 Å². The molecule has 0 aliphatic carbocycles. The summed E-state index contributed by atoms with van der Waals surface area (Å²) in [5.74, 6) is 0.749. The van der Waals surface area contributed by atoms with Gasteiger partial charge in [0.1, 0.15) is 4.99 Å². The van der Waals surface area contributed by atoms with Crippen LogP contribution in [0.15, 0.2) is 12.3 Å². The highest BCUT2D eigenvalue weighted by Gasteiger charge is 2.11. The lowest BCUT2D eigenvalue weighted by molar-refractivity contribution is 0.401. The van der Waals surface area contributed by atoms with E-state index in [1.54, 1.807) is 12.3 Å². The molecule has 0 aliphatic rings. The lowest BCUT2D eigenvalue weighted by Crippen LogP contribution is -2.27. The van der Waals surface area contributed by atoms with Gasteiger partial charge in [-0.05, 0) is 33.1 Å². The minimum Gasteiger partial charge on any atom is -0.389 e. The third-order valence-corrected chi connectivity index (χ3v) is 2.65. The Morgan fingerprint density at radius 2 is 2.06 bits per heavy atom. The molecule has 17 heavy (non-hydrogen) atoms. The van der Waals surface area contributed by atoms with Crippen molar-refractivity contribution < 1.29 is 0 Å². The van der Waals surface area contributed by atoms with Crippen molar-refractivity contribution in [2.75, 3.05) is 39.1 Å². The summed E-state index contributed by atoms with van der Waals surface area (Å²) in [5, 5.41) is 7.97. The first-order valence-corrected chi connectivity index (χ1v) is 5.90. The van der Waals surface area contributed by atoms with Gasteiger partial charge in [0.15, 0.2) is 5.82 Å². The van der Waals surface area contributed by atoms with Crippen molar-refractivity contribution in [3.05, 3.63) is 17.8 Å². The van der Waals surface area contributed by atoms with E-state index in [4.69, 9.17) is 18.0 Å². The van der Waals surface area contributed by atoms with Crippen LogP contribution in [0.5, 0.6) is 0 Å². The molecule has 5 nitrogen and oxygen atoms in total. The fourth-order valence-electron chi connectivity index (χ4n) is 1.53. The number of rotatable bonds is 6. The van der Waals surface area contributed by atoms with E-state index in [1.165, 1.54) is 0 Å². The zero-order valence-corrected chi connectivity index (χ0v) is 11.4. The normalized spacial score (nSPS) is 10.6. The van der Waals surface area contributed by atoms with Gasteiger partial charge in [-0.15, -0.1) is 5.10 Å². The molecule has 1 aromatic heterocycles. The summed E-state index contributed by atoms with van der Waals surface area (Å²) in [6.07, 6.45) is 2.66. The van der Waals surface area contributed by atoms with Gasteiger partial charge in [-0.2, -0.15) is 5.10 Å². The summed E-state index contributed by atoms with van der Waals surface area (Å²) in [5.41, 5.74) is 6.44. The van der Waals surface area contributed by atoms with Crippen molar-refractivity contribution in [3.8, 4) is 0 Å². The molecule has 0 saturated heterocycles. The summed E-state index contributed by atoms with van der Waals surface area (Å²) in [6, 6.07) is 1.80. The Balaban J connectivity index is 2.68. The van der Waals surface area contributed by atoms with Gasteiger partial charge in [0.25, 0.3) is 0 Å². The zero-order valence-electron chi connectivity index (χ0n) is 10.6. The summed E-state index contributed by atoms with van der Waals surface area (Å²) in [4.78, 5) is 4.54. The maximum Gasteiger partial charge on any atom is 0.161 e. The monoisotopic (exact) mass is 253 g/mol. The fourth-order valence-corrected chi connectivity index (χ4v) is 1.69. The fraction of sp³-hybridized carbons (Fsp3) is 0.545. The molecule has 0 atom stereocenters. The summed E-state index contributed by atoms with van der Waals surface area (Å²) in [7, 11) is 6.09. The number of hydrogen-bond acceptors (Lipinski definition) is 5. The summed E-state index contributed by atoms with van der Waals surface area (Å²) < 4.78 is 0. The third-order valence-electron chi connectivity index (χ3n) is 2.43. The molecule has 0 spiro atoms. The predicted octanol–water partition coefficient (Wildman–Crippen LogP) is 0.499. The molecular formula is C11H19N5S. The largest absolute Gasteiger partial charge is 0.389 e. The van der Waals surface area contributed by atoms with Crippen LogP contribution < -0.4 is 10.6 Å². The highest BCUT2D eigenvalue weighted by Crippen LogP contribution is 2.14. The van der Waals surface area contributed by atoms with E-state index in [0.717, 1.165) is 30.9 Å². The van der Waals surface area contributed by atoms with E-state index in [1.807, 2.05) is 11.9 Å². The third kappa shape index (κ3) is 4.24. The SMILES string of the molecule is CN(C)CCCN(C)c1nnccc1C(N)=S. The van der Waals surface area contributed by atoms with Gasteiger partial charge in [-0.1, -0.05) is 12.2 Å². The van der Waals surface area contributed by atoms with Crippen LogP contribution >= 0.6 is 12.2 Å². The molecule has 0 radical (unpaired) electrons. The Hall–Kier alpha value is -1.27. The molecule has 94 valence electrons. The standard InChI is InChI=1S/C11H19N5S/c1-15(2)7-4-8-16(3)11-9(10(12)17)5-6-13-14-11/h5-6H,4,7-8H2,1-3H3,(H2,12,17). The number of aromatic nitrogens is 2. The molecule has 0 bridgehead atoms. The first-order valence-electron chi connectivity index (χ1n) is 5.49. The lowest BCUT2D eigenvalue weighted by Gasteiger charge is -2.20. The lowest BCUT2D eigenvalue weighted by atomic mass is 10.2. The molecule has 0 aromatic carbocycles. The summed E-state index contributed by atoms with van der Waals surface area (Å²) in [6.45, 7) is 1.93. The van der Waals surface area contributed by atoms with Gasteiger partial charge >= 0.3 is 0 Å². The molecule has 1 aromatic rings. The van der Waals surface area contributed by atoms with Gasteiger partial charge in [-0.3, -0.25) is 0 Å². The van der Waals surface area contributed by atoms with Crippen LogP contribution in [-0.2, 0) is 0 Å². The van der Waals surface area contributed by atoms with Gasteiger partial charge < -0.3 is 15.5 Å². The topological polar surface area (TPSA) is 58.3 Å². The van der Waals surface area contributed by atoms with Crippen LogP contribution in [0.2, 0.25) is 0 Å². The zero-order chi connectivity index (χ0) is 12.8. The van der Waals surface area contributed by atoms with Gasteiger partial charge in [0.05, 0.1) is 11.8 Å². The second kappa shape index (κ2) is 6.46. The van der Waals surface area contributed by atoms with Crippen molar-refractivity contribution in [1.29, 1.82) is 0 Å². The molecule has 0 amide bonds. The Labute approximate surface area is 108 Å². The molecule has 1 heterocycles. The predicted molar refractivity (Wildman–Crippen MR) is 74.4 cm³/mol. The molecule has 1 rings (SSSR count). The van der Waals surface area contributed by atoms with E-state index in [2.05, 4.69) is 29.2 Å². The highest BCUT2D eigenvalue weighted by molar-refractivity contribution is 7.80. The van der Waals surface area contributed by atoms with Crippen molar-refractivity contribution in [1.82, 2.24) is 15.1 Å². The van der Waals surface area contributed by atoms with Gasteiger partial charge in [-0.25, -0.2) is 0 Å². The maximum atomic E-state index is 5.66. The minimum atomic E-state index is 0.356. The molecule has 6 heteroatoms. The Morgan fingerprint density at radius 3 is 2.65 bits per heavy atom. The van der Waals surface area contributed by atoms with Crippen molar-refractivity contribution in [2.24, 2.45) is 5.73 Å². The van der Waals surface area contributed by atoms with E-state index in [0.29, 0.717) is 4.99 Å². The maximum absolute atomic E-state index is 5.66. The van der Waals surface area contributed by atoms with Crippen LogP contribution in [0.4, 0.5) is 5.82 Å². The van der Waals surface area contributed by atoms with Crippen LogP contribution in [0.3, 0.4) is 0 Å². The second-order valence-electron chi connectivity index (χ2n) is 4.21. The van der Waals surface area contributed by atoms with Gasteiger partial charge in [0.2, 0.25) is 0 Å². The molecule has 0 unspecified atom stereocenters. The van der Waals surface area contributed by atoms with Crippen molar-refractivity contribution in [3.63, 3.8) is 0 Å². The Kier molecular flexibility index (Phi) is 5.24. The molecule has 0 saturated carbocycles. The first-order chi connectivity index (χ1) is 8.02. The molecular weight excluding hydrogens is 234 g/mol. The van der Waals surface area contributed by atoms with Crippen LogP contribution in [0.25, 0.3) is 0 Å². The van der Waals surface area contributed by atoms with E-state index in [-0.39, 0.29) is 0 Å². The average molecular weight is 253 g/mol. The first kappa shape index (κ1) is 13.8. The molecule has 0 aliphatic heterocycles.